The Morgan fingerprint density at radius 3 is 2.68 bits per heavy atom. The molecule has 0 fully saturated rings. The van der Waals surface area contributed by atoms with Gasteiger partial charge < -0.3 is 5.32 Å². The molecular weight excluding hydrogens is 408 g/mol. The molecule has 0 unspecified atom stereocenters. The van der Waals surface area contributed by atoms with Gasteiger partial charge in [0.25, 0.3) is 5.56 Å². The number of carbonyl (C=O) groups is 1. The topological polar surface area (TPSA) is 96.9 Å². The number of rotatable bonds is 4. The van der Waals surface area contributed by atoms with Gasteiger partial charge in [-0.2, -0.15) is 0 Å². The Bertz CT molecular complexity index is 1040. The summed E-state index contributed by atoms with van der Waals surface area (Å²) in [6, 6.07) is 8.92. The molecule has 3 rings (SSSR count). The van der Waals surface area contributed by atoms with Gasteiger partial charge in [-0.3, -0.25) is 19.1 Å². The zero-order valence-electron chi connectivity index (χ0n) is 13.1. The number of hydrogen-bond donors (Lipinski definition) is 2. The van der Waals surface area contributed by atoms with E-state index in [-0.39, 0.29) is 6.54 Å². The van der Waals surface area contributed by atoms with Crippen LogP contribution in [-0.2, 0) is 11.3 Å². The summed E-state index contributed by atoms with van der Waals surface area (Å²) in [6.45, 7) is 1.72. The standard InChI is InChI=1S/C16H13BrN4O3S/c1-9-14(10-2-4-11(17)5-3-10)20-15(25-9)18-13(23)8-21-7-6-12(22)19-16(21)24/h2-7H,8H2,1H3,(H,18,20,23)(H,19,22,24). The van der Waals surface area contributed by atoms with Crippen molar-refractivity contribution in [1.29, 1.82) is 0 Å². The van der Waals surface area contributed by atoms with Crippen molar-refractivity contribution < 1.29 is 4.79 Å². The third-order valence-corrected chi connectivity index (χ3v) is 4.79. The van der Waals surface area contributed by atoms with E-state index in [2.05, 4.69) is 31.2 Å². The zero-order chi connectivity index (χ0) is 18.0. The Balaban J connectivity index is 1.76. The molecular formula is C16H13BrN4O3S. The van der Waals surface area contributed by atoms with Crippen LogP contribution in [0.15, 0.2) is 50.6 Å². The predicted molar refractivity (Wildman–Crippen MR) is 99.9 cm³/mol. The molecule has 2 heterocycles. The van der Waals surface area contributed by atoms with Gasteiger partial charge in [-0.25, -0.2) is 9.78 Å². The van der Waals surface area contributed by atoms with E-state index >= 15 is 0 Å². The van der Waals surface area contributed by atoms with Crippen LogP contribution < -0.4 is 16.6 Å². The number of halogens is 1. The lowest BCUT2D eigenvalue weighted by Gasteiger charge is -2.04. The lowest BCUT2D eigenvalue weighted by Crippen LogP contribution is -2.32. The number of hydrogen-bond acceptors (Lipinski definition) is 5. The normalized spacial score (nSPS) is 10.6. The van der Waals surface area contributed by atoms with E-state index in [1.807, 2.05) is 31.2 Å². The van der Waals surface area contributed by atoms with E-state index in [0.29, 0.717) is 5.13 Å². The number of nitrogens with zero attached hydrogens (tertiary/aromatic N) is 2. The first-order chi connectivity index (χ1) is 11.9. The van der Waals surface area contributed by atoms with Crippen LogP contribution in [0.3, 0.4) is 0 Å². The van der Waals surface area contributed by atoms with Gasteiger partial charge in [0.15, 0.2) is 5.13 Å². The Hall–Kier alpha value is -2.52. The Morgan fingerprint density at radius 1 is 1.28 bits per heavy atom. The fraction of sp³-hybridized carbons (Fsp3) is 0.125. The number of anilines is 1. The second kappa shape index (κ2) is 7.16. The van der Waals surface area contributed by atoms with Gasteiger partial charge in [0.05, 0.1) is 5.69 Å². The Labute approximate surface area is 154 Å². The van der Waals surface area contributed by atoms with Gasteiger partial charge in [0, 0.05) is 27.2 Å². The molecule has 0 spiro atoms. The van der Waals surface area contributed by atoms with Gasteiger partial charge >= 0.3 is 5.69 Å². The molecule has 1 amide bonds. The van der Waals surface area contributed by atoms with Crippen LogP contribution in [0, 0.1) is 6.92 Å². The molecule has 1 aromatic carbocycles. The molecule has 0 saturated carbocycles. The van der Waals surface area contributed by atoms with Gasteiger partial charge in [-0.15, -0.1) is 11.3 Å². The maximum absolute atomic E-state index is 12.1. The number of aryl methyl sites for hydroxylation is 1. The SMILES string of the molecule is Cc1sc(NC(=O)Cn2ccc(=O)[nH]c2=O)nc1-c1ccc(Br)cc1. The molecule has 0 bridgehead atoms. The van der Waals surface area contributed by atoms with E-state index in [0.717, 1.165) is 25.2 Å². The van der Waals surface area contributed by atoms with Crippen molar-refractivity contribution in [3.05, 3.63) is 66.7 Å². The molecule has 0 aliphatic rings. The van der Waals surface area contributed by atoms with Crippen molar-refractivity contribution in [3.63, 3.8) is 0 Å². The fourth-order valence-corrected chi connectivity index (χ4v) is 3.32. The summed E-state index contributed by atoms with van der Waals surface area (Å²) in [5, 5.41) is 3.14. The van der Waals surface area contributed by atoms with Crippen molar-refractivity contribution in [2.24, 2.45) is 0 Å². The van der Waals surface area contributed by atoms with Crippen molar-refractivity contribution >= 4 is 38.3 Å². The molecule has 128 valence electrons. The average Bonchev–Trinajstić information content (AvgIpc) is 2.91. The third-order valence-electron chi connectivity index (χ3n) is 3.37. The minimum absolute atomic E-state index is 0.206. The number of amides is 1. The lowest BCUT2D eigenvalue weighted by atomic mass is 10.1. The minimum atomic E-state index is -0.631. The highest BCUT2D eigenvalue weighted by molar-refractivity contribution is 9.10. The van der Waals surface area contributed by atoms with Crippen LogP contribution in [0.4, 0.5) is 5.13 Å². The fourth-order valence-electron chi connectivity index (χ4n) is 2.21. The van der Waals surface area contributed by atoms with E-state index in [1.54, 1.807) is 0 Å². The highest BCUT2D eigenvalue weighted by Crippen LogP contribution is 2.31. The highest BCUT2D eigenvalue weighted by Gasteiger charge is 2.13. The van der Waals surface area contributed by atoms with Crippen LogP contribution in [0.1, 0.15) is 4.88 Å². The molecule has 0 radical (unpaired) electrons. The van der Waals surface area contributed by atoms with E-state index in [9.17, 15) is 14.4 Å². The summed E-state index contributed by atoms with van der Waals surface area (Å²) in [7, 11) is 0. The van der Waals surface area contributed by atoms with Gasteiger partial charge in [0.1, 0.15) is 6.54 Å². The van der Waals surface area contributed by atoms with E-state index in [1.165, 1.54) is 23.6 Å². The first-order valence-electron chi connectivity index (χ1n) is 7.25. The molecule has 0 aliphatic heterocycles. The van der Waals surface area contributed by atoms with Crippen molar-refractivity contribution in [2.45, 2.75) is 13.5 Å². The van der Waals surface area contributed by atoms with Crippen LogP contribution >= 0.6 is 27.3 Å². The number of H-pyrrole nitrogens is 1. The predicted octanol–water partition coefficient (Wildman–Crippen LogP) is 2.37. The van der Waals surface area contributed by atoms with E-state index in [4.69, 9.17) is 0 Å². The number of aromatic amines is 1. The molecule has 2 N–H and O–H groups in total. The Kier molecular flexibility index (Phi) is 4.95. The summed E-state index contributed by atoms with van der Waals surface area (Å²) < 4.78 is 2.09. The van der Waals surface area contributed by atoms with Crippen molar-refractivity contribution in [1.82, 2.24) is 14.5 Å². The second-order valence-corrected chi connectivity index (χ2v) is 7.34. The minimum Gasteiger partial charge on any atom is -0.300 e. The number of carbonyl (C=O) groups excluding carboxylic acids is 1. The molecule has 0 saturated heterocycles. The first kappa shape index (κ1) is 17.3. The lowest BCUT2D eigenvalue weighted by molar-refractivity contribution is -0.116. The van der Waals surface area contributed by atoms with Gasteiger partial charge in [-0.05, 0) is 19.1 Å². The molecule has 0 aliphatic carbocycles. The van der Waals surface area contributed by atoms with Crippen LogP contribution in [0.25, 0.3) is 11.3 Å². The first-order valence-corrected chi connectivity index (χ1v) is 8.86. The van der Waals surface area contributed by atoms with E-state index < -0.39 is 17.2 Å². The monoisotopic (exact) mass is 420 g/mol. The molecule has 7 nitrogen and oxygen atoms in total. The van der Waals surface area contributed by atoms with Gasteiger partial charge in [0.2, 0.25) is 5.91 Å². The zero-order valence-corrected chi connectivity index (χ0v) is 15.5. The summed E-state index contributed by atoms with van der Waals surface area (Å²) in [6.07, 6.45) is 1.28. The number of aromatic nitrogens is 3. The maximum Gasteiger partial charge on any atom is 0.328 e. The van der Waals surface area contributed by atoms with Crippen LogP contribution in [0.5, 0.6) is 0 Å². The quantitative estimate of drug-likeness (QED) is 0.676. The van der Waals surface area contributed by atoms with Crippen molar-refractivity contribution in [2.75, 3.05) is 5.32 Å². The van der Waals surface area contributed by atoms with Crippen LogP contribution in [-0.4, -0.2) is 20.4 Å². The Morgan fingerprint density at radius 2 is 2.00 bits per heavy atom. The number of thiazole rings is 1. The summed E-state index contributed by atoms with van der Waals surface area (Å²) in [5.41, 5.74) is 0.619. The summed E-state index contributed by atoms with van der Waals surface area (Å²) in [5.74, 6) is -0.398. The maximum atomic E-state index is 12.1. The largest absolute Gasteiger partial charge is 0.328 e. The van der Waals surface area contributed by atoms with Crippen LogP contribution in [0.2, 0.25) is 0 Å². The average molecular weight is 421 g/mol. The molecule has 9 heteroatoms. The number of nitrogens with one attached hydrogen (secondary N) is 2. The molecule has 0 atom stereocenters. The van der Waals surface area contributed by atoms with Gasteiger partial charge in [-0.1, -0.05) is 28.1 Å². The second-order valence-electron chi connectivity index (χ2n) is 5.22. The third kappa shape index (κ3) is 4.12. The summed E-state index contributed by atoms with van der Waals surface area (Å²) in [4.78, 5) is 42.3. The molecule has 2 aromatic heterocycles. The van der Waals surface area contributed by atoms with Crippen molar-refractivity contribution in [3.8, 4) is 11.3 Å². The highest BCUT2D eigenvalue weighted by atomic mass is 79.9. The molecule has 3 aromatic rings. The number of benzene rings is 1. The smallest absolute Gasteiger partial charge is 0.300 e. The summed E-state index contributed by atoms with van der Waals surface area (Å²) >= 11 is 4.75. The molecule has 25 heavy (non-hydrogen) atoms.